The number of piperazine rings is 1. The number of carboxylic acid groups (broad SMARTS) is 1. The molecular formula is C44H47F2N5O6S. The highest BCUT2D eigenvalue weighted by Gasteiger charge is 2.43. The summed E-state index contributed by atoms with van der Waals surface area (Å²) in [4.78, 5) is 57.5. The van der Waals surface area contributed by atoms with E-state index in [4.69, 9.17) is 9.84 Å². The number of ether oxygens (including phenoxy) is 1. The minimum atomic E-state index is -1.05. The summed E-state index contributed by atoms with van der Waals surface area (Å²) >= 11 is 1.37. The number of aromatic carboxylic acids is 1. The van der Waals surface area contributed by atoms with Crippen LogP contribution in [0.3, 0.4) is 0 Å². The maximum absolute atomic E-state index is 15.3. The van der Waals surface area contributed by atoms with Crippen LogP contribution < -0.4 is 16.0 Å². The summed E-state index contributed by atoms with van der Waals surface area (Å²) in [6, 6.07) is 16.2. The number of amides is 4. The molecule has 4 heterocycles. The number of aryl methyl sites for hydroxylation is 2. The molecule has 3 saturated heterocycles. The first kappa shape index (κ1) is 39.6. The van der Waals surface area contributed by atoms with Gasteiger partial charge < -0.3 is 30.7 Å². The molecule has 3 aliphatic heterocycles. The topological polar surface area (TPSA) is 140 Å². The summed E-state index contributed by atoms with van der Waals surface area (Å²) in [5, 5.41) is 18.4. The highest BCUT2D eigenvalue weighted by molar-refractivity contribution is 7.17. The normalized spacial score (nSPS) is 19.4. The molecule has 2 unspecified atom stereocenters. The Balaban J connectivity index is 0.916. The Morgan fingerprint density at radius 1 is 0.793 bits per heavy atom. The molecule has 2 atom stereocenters. The van der Waals surface area contributed by atoms with Gasteiger partial charge >= 0.3 is 12.0 Å². The van der Waals surface area contributed by atoms with E-state index in [0.29, 0.717) is 48.7 Å². The van der Waals surface area contributed by atoms with Gasteiger partial charge in [-0.25, -0.2) is 18.4 Å². The minimum Gasteiger partial charge on any atom is -0.478 e. The van der Waals surface area contributed by atoms with E-state index in [9.17, 15) is 19.2 Å². The number of benzene rings is 3. The second-order valence-corrected chi connectivity index (χ2v) is 16.9. The number of thiophene rings is 1. The van der Waals surface area contributed by atoms with Gasteiger partial charge in [0.2, 0.25) is 0 Å². The Kier molecular flexibility index (Phi) is 11.9. The van der Waals surface area contributed by atoms with Crippen molar-refractivity contribution in [2.45, 2.75) is 88.9 Å². The summed E-state index contributed by atoms with van der Waals surface area (Å²) in [7, 11) is 0. The van der Waals surface area contributed by atoms with Gasteiger partial charge in [0.25, 0.3) is 11.8 Å². The molecule has 3 fully saturated rings. The van der Waals surface area contributed by atoms with Crippen LogP contribution in [0.4, 0.5) is 24.3 Å². The lowest BCUT2D eigenvalue weighted by Gasteiger charge is -2.41. The molecule has 1 aliphatic carbocycles. The van der Waals surface area contributed by atoms with Crippen molar-refractivity contribution in [3.63, 3.8) is 0 Å². The van der Waals surface area contributed by atoms with E-state index in [0.717, 1.165) is 91.7 Å². The number of hydrogen-bond donors (Lipinski definition) is 4. The van der Waals surface area contributed by atoms with Crippen molar-refractivity contribution in [1.29, 1.82) is 0 Å². The fourth-order valence-electron chi connectivity index (χ4n) is 8.87. The maximum Gasteiger partial charge on any atom is 0.335 e. The Morgan fingerprint density at radius 3 is 2.21 bits per heavy atom. The maximum atomic E-state index is 15.3. The Morgan fingerprint density at radius 2 is 1.50 bits per heavy atom. The molecule has 2 bridgehead atoms. The number of halogens is 2. The van der Waals surface area contributed by atoms with Crippen LogP contribution in [0.5, 0.6) is 0 Å². The molecule has 1 aromatic heterocycles. The van der Waals surface area contributed by atoms with E-state index in [2.05, 4.69) is 20.9 Å². The van der Waals surface area contributed by atoms with E-state index in [1.165, 1.54) is 23.5 Å². The number of carbonyl (C=O) groups is 4. The van der Waals surface area contributed by atoms with Crippen LogP contribution in [0.15, 0.2) is 60.7 Å². The highest BCUT2D eigenvalue weighted by atomic mass is 32.1. The van der Waals surface area contributed by atoms with Crippen molar-refractivity contribution < 1.29 is 37.8 Å². The van der Waals surface area contributed by atoms with Crippen molar-refractivity contribution in [2.75, 3.05) is 36.9 Å². The fourth-order valence-corrected chi connectivity index (χ4v) is 10.2. The summed E-state index contributed by atoms with van der Waals surface area (Å²) in [6.07, 6.45) is 7.22. The van der Waals surface area contributed by atoms with Crippen LogP contribution in [0, 0.1) is 11.6 Å². The lowest BCUT2D eigenvalue weighted by atomic mass is 9.95. The van der Waals surface area contributed by atoms with E-state index < -0.39 is 23.5 Å². The number of urea groups is 1. The molecular weight excluding hydrogens is 765 g/mol. The third-order valence-corrected chi connectivity index (χ3v) is 13.0. The van der Waals surface area contributed by atoms with E-state index in [-0.39, 0.29) is 53.3 Å². The Labute approximate surface area is 339 Å². The monoisotopic (exact) mass is 811 g/mol. The molecule has 8 rings (SSSR count). The number of anilines is 2. The van der Waals surface area contributed by atoms with E-state index >= 15 is 8.78 Å². The van der Waals surface area contributed by atoms with Crippen LogP contribution in [-0.2, 0) is 37.0 Å². The molecule has 0 spiro atoms. The Hall–Kier alpha value is -5.18. The molecule has 4 N–H and O–H groups in total. The molecule has 4 aromatic rings. The lowest BCUT2D eigenvalue weighted by molar-refractivity contribution is 0.0650. The van der Waals surface area contributed by atoms with Gasteiger partial charge in [-0.3, -0.25) is 14.5 Å². The molecule has 14 heteroatoms. The number of carbonyl (C=O) groups excluding carboxylic acids is 3. The third-order valence-electron chi connectivity index (χ3n) is 11.8. The fraction of sp³-hybridized carbons (Fsp3) is 0.409. The first-order valence-corrected chi connectivity index (χ1v) is 21.0. The lowest BCUT2D eigenvalue weighted by Crippen LogP contribution is -2.59. The second-order valence-electron chi connectivity index (χ2n) is 15.8. The number of rotatable bonds is 11. The van der Waals surface area contributed by atoms with E-state index in [1.54, 1.807) is 18.2 Å². The van der Waals surface area contributed by atoms with Crippen LogP contribution in [0.25, 0.3) is 0 Å². The van der Waals surface area contributed by atoms with Gasteiger partial charge in [0.05, 0.1) is 11.1 Å². The third kappa shape index (κ3) is 8.79. The minimum absolute atomic E-state index is 0.0223. The quantitative estimate of drug-likeness (QED) is 0.124. The SMILES string of the molecule is O=C(O)c1ccc(CCc2c(F)cc(NC(=O)c3c(NC(=O)c4cccc(CN5CC6CCC(C5)N6C(=O)NC5CCOCC5)c4)sc4c3CCCC4)cc2F)cc1. The van der Waals surface area contributed by atoms with Gasteiger partial charge in [0.1, 0.15) is 16.6 Å². The first-order valence-electron chi connectivity index (χ1n) is 20.1. The zero-order valence-corrected chi connectivity index (χ0v) is 33.0. The van der Waals surface area contributed by atoms with Crippen molar-refractivity contribution in [3.05, 3.63) is 116 Å². The van der Waals surface area contributed by atoms with Crippen molar-refractivity contribution in [1.82, 2.24) is 15.1 Å². The summed E-state index contributed by atoms with van der Waals surface area (Å²) in [5.74, 6) is -3.57. The van der Waals surface area contributed by atoms with Crippen LogP contribution in [0.2, 0.25) is 0 Å². The largest absolute Gasteiger partial charge is 0.478 e. The number of hydrogen-bond acceptors (Lipinski definition) is 7. The van der Waals surface area contributed by atoms with Gasteiger partial charge in [0.15, 0.2) is 0 Å². The van der Waals surface area contributed by atoms with Crippen LogP contribution in [0.1, 0.15) is 96.7 Å². The predicted molar refractivity (Wildman–Crippen MR) is 217 cm³/mol. The van der Waals surface area contributed by atoms with Gasteiger partial charge in [-0.2, -0.15) is 0 Å². The number of nitrogens with one attached hydrogen (secondary N) is 3. The summed E-state index contributed by atoms with van der Waals surface area (Å²) in [5.41, 5.74) is 3.27. The molecule has 0 saturated carbocycles. The molecule has 4 aliphatic rings. The predicted octanol–water partition coefficient (Wildman–Crippen LogP) is 7.43. The number of nitrogens with zero attached hydrogens (tertiary/aromatic N) is 2. The van der Waals surface area contributed by atoms with Crippen molar-refractivity contribution >= 4 is 45.8 Å². The zero-order valence-electron chi connectivity index (χ0n) is 32.2. The van der Waals surface area contributed by atoms with Crippen molar-refractivity contribution in [3.8, 4) is 0 Å². The molecule has 58 heavy (non-hydrogen) atoms. The van der Waals surface area contributed by atoms with Crippen molar-refractivity contribution in [2.24, 2.45) is 0 Å². The van der Waals surface area contributed by atoms with Gasteiger partial charge in [-0.05, 0) is 117 Å². The zero-order chi connectivity index (χ0) is 40.3. The van der Waals surface area contributed by atoms with Gasteiger partial charge in [-0.1, -0.05) is 24.3 Å². The smallest absolute Gasteiger partial charge is 0.335 e. The number of likely N-dealkylation sites (tertiary alicyclic amines) is 1. The number of carboxylic acids is 1. The van der Waals surface area contributed by atoms with Crippen LogP contribution in [-0.4, -0.2) is 83.1 Å². The first-order chi connectivity index (χ1) is 28.1. The number of fused-ring (bicyclic) bond motifs is 3. The average molecular weight is 812 g/mol. The van der Waals surface area contributed by atoms with Gasteiger partial charge in [0, 0.05) is 72.7 Å². The summed E-state index contributed by atoms with van der Waals surface area (Å²) in [6.45, 7) is 3.50. The average Bonchev–Trinajstić information content (AvgIpc) is 3.71. The van der Waals surface area contributed by atoms with E-state index in [1.807, 2.05) is 23.1 Å². The second kappa shape index (κ2) is 17.4. The van der Waals surface area contributed by atoms with Gasteiger partial charge in [-0.15, -0.1) is 11.3 Å². The molecule has 304 valence electrons. The highest BCUT2D eigenvalue weighted by Crippen LogP contribution is 2.39. The molecule has 4 amide bonds. The standard InChI is InChI=1S/C44H47F2N5O6S/c45-36-21-31(22-37(46)34(36)15-10-26-8-11-28(12-9-26)43(54)55)47-41(53)39-35-6-1-2-7-38(35)58-42(39)49-40(52)29-5-3-4-27(20-29)23-50-24-32-13-14-33(25-50)51(32)44(56)48-30-16-18-57-19-17-30/h3-5,8-9,11-12,20-22,30,32-33H,1-2,6-7,10,13-19,23-25H2,(H,47,53)(H,48,56)(H,49,52)(H,54,55). The summed E-state index contributed by atoms with van der Waals surface area (Å²) < 4.78 is 36.0. The van der Waals surface area contributed by atoms with Crippen LogP contribution >= 0.6 is 11.3 Å². The Bertz CT molecular complexity index is 2170. The molecule has 3 aromatic carbocycles. The molecule has 0 radical (unpaired) electrons. The molecule has 11 nitrogen and oxygen atoms in total.